The first kappa shape index (κ1) is 18.8. The summed E-state index contributed by atoms with van der Waals surface area (Å²) in [7, 11) is 0. The molecule has 0 unspecified atom stereocenters. The van der Waals surface area contributed by atoms with Gasteiger partial charge >= 0.3 is 6.09 Å². The number of hydrogen-bond donors (Lipinski definition) is 1. The Morgan fingerprint density at radius 1 is 1.11 bits per heavy atom. The number of amides is 1. The molecule has 7 heteroatoms. The molecule has 0 aromatic rings. The number of hydrogen-bond acceptors (Lipinski definition) is 4. The lowest BCUT2D eigenvalue weighted by atomic mass is 10.1. The van der Waals surface area contributed by atoms with Gasteiger partial charge in [-0.25, -0.2) is 4.79 Å². The van der Waals surface area contributed by atoms with E-state index in [1.165, 1.54) is 0 Å². The Labute approximate surface area is 127 Å². The monoisotopic (exact) mass is 313 g/mol. The molecule has 19 heavy (non-hydrogen) atoms. The molecule has 0 atom stereocenters. The number of carbonyl (C=O) groups excluding carboxylic acids is 1. The van der Waals surface area contributed by atoms with E-state index in [-0.39, 0.29) is 30.9 Å². The number of piperazine rings is 1. The summed E-state index contributed by atoms with van der Waals surface area (Å²) in [4.78, 5) is 16.1. The topological polar surface area (TPSA) is 44.8 Å². The van der Waals surface area contributed by atoms with Crippen molar-refractivity contribution in [2.45, 2.75) is 32.4 Å². The molecule has 0 aromatic carbocycles. The highest BCUT2D eigenvalue weighted by Gasteiger charge is 2.30. The van der Waals surface area contributed by atoms with Crippen LogP contribution in [0.2, 0.25) is 0 Å². The minimum absolute atomic E-state index is 0. The summed E-state index contributed by atoms with van der Waals surface area (Å²) in [6, 6.07) is 0.677. The molecule has 0 radical (unpaired) electrons. The Morgan fingerprint density at radius 3 is 2.00 bits per heavy atom. The summed E-state index contributed by atoms with van der Waals surface area (Å²) in [6.07, 6.45) is -0.177. The molecular formula is C12H25Cl2N3O2. The van der Waals surface area contributed by atoms with E-state index in [0.29, 0.717) is 6.04 Å². The fraction of sp³-hybridized carbons (Fsp3) is 0.917. The molecule has 0 saturated carbocycles. The number of ether oxygens (including phenoxy) is 1. The van der Waals surface area contributed by atoms with E-state index in [0.717, 1.165) is 39.3 Å². The zero-order valence-corrected chi connectivity index (χ0v) is 13.5. The third-order valence-electron chi connectivity index (χ3n) is 3.24. The summed E-state index contributed by atoms with van der Waals surface area (Å²) in [6.45, 7) is 11.4. The van der Waals surface area contributed by atoms with Crippen LogP contribution in [0.25, 0.3) is 0 Å². The van der Waals surface area contributed by atoms with Crippen LogP contribution in [0.15, 0.2) is 0 Å². The Bertz CT molecular complexity index is 285. The van der Waals surface area contributed by atoms with E-state index in [2.05, 4.69) is 10.2 Å². The maximum absolute atomic E-state index is 11.8. The lowest BCUT2D eigenvalue weighted by Crippen LogP contribution is -2.62. The Hall–Kier alpha value is -0.230. The average Bonchev–Trinajstić information content (AvgIpc) is 2.13. The van der Waals surface area contributed by atoms with Gasteiger partial charge in [-0.2, -0.15) is 0 Å². The number of nitrogens with zero attached hydrogens (tertiary/aromatic N) is 2. The molecule has 1 amide bonds. The molecule has 114 valence electrons. The minimum atomic E-state index is -0.397. The first-order valence-electron chi connectivity index (χ1n) is 6.38. The Balaban J connectivity index is 0.00000162. The van der Waals surface area contributed by atoms with Gasteiger partial charge in [-0.1, -0.05) is 0 Å². The van der Waals surface area contributed by atoms with Crippen LogP contribution in [0.5, 0.6) is 0 Å². The predicted octanol–water partition coefficient (Wildman–Crippen LogP) is 1.35. The first-order chi connectivity index (χ1) is 7.96. The molecule has 0 aliphatic carbocycles. The molecule has 2 heterocycles. The predicted molar refractivity (Wildman–Crippen MR) is 80.5 cm³/mol. The van der Waals surface area contributed by atoms with Gasteiger partial charge in [-0.05, 0) is 20.8 Å². The molecule has 2 fully saturated rings. The van der Waals surface area contributed by atoms with E-state index in [1.54, 1.807) is 0 Å². The second kappa shape index (κ2) is 7.53. The molecule has 0 spiro atoms. The highest BCUT2D eigenvalue weighted by atomic mass is 35.5. The van der Waals surface area contributed by atoms with Crippen molar-refractivity contribution >= 4 is 30.9 Å². The average molecular weight is 314 g/mol. The van der Waals surface area contributed by atoms with Gasteiger partial charge in [-0.3, -0.25) is 4.90 Å². The maximum Gasteiger partial charge on any atom is 0.410 e. The zero-order valence-electron chi connectivity index (χ0n) is 11.8. The number of halogens is 2. The van der Waals surface area contributed by atoms with Crippen molar-refractivity contribution in [3.05, 3.63) is 0 Å². The molecule has 2 rings (SSSR count). The summed E-state index contributed by atoms with van der Waals surface area (Å²) >= 11 is 0. The van der Waals surface area contributed by atoms with Gasteiger partial charge in [0.15, 0.2) is 0 Å². The van der Waals surface area contributed by atoms with E-state index in [1.807, 2.05) is 25.7 Å². The second-order valence-corrected chi connectivity index (χ2v) is 5.82. The van der Waals surface area contributed by atoms with Gasteiger partial charge in [0.05, 0.1) is 0 Å². The van der Waals surface area contributed by atoms with Gasteiger partial charge in [0.2, 0.25) is 0 Å². The zero-order chi connectivity index (χ0) is 12.5. The van der Waals surface area contributed by atoms with Crippen LogP contribution in [0.3, 0.4) is 0 Å². The fourth-order valence-corrected chi connectivity index (χ4v) is 2.13. The lowest BCUT2D eigenvalue weighted by molar-refractivity contribution is 0.00725. The Kier molecular flexibility index (Phi) is 7.43. The molecule has 2 saturated heterocycles. The molecule has 0 bridgehead atoms. The second-order valence-electron chi connectivity index (χ2n) is 5.82. The van der Waals surface area contributed by atoms with Gasteiger partial charge < -0.3 is 15.0 Å². The van der Waals surface area contributed by atoms with E-state index < -0.39 is 5.60 Å². The van der Waals surface area contributed by atoms with Crippen molar-refractivity contribution < 1.29 is 9.53 Å². The van der Waals surface area contributed by atoms with Crippen molar-refractivity contribution in [2.24, 2.45) is 0 Å². The smallest absolute Gasteiger partial charge is 0.410 e. The molecule has 0 aromatic heterocycles. The molecule has 5 nitrogen and oxygen atoms in total. The van der Waals surface area contributed by atoms with Crippen LogP contribution in [-0.4, -0.2) is 66.8 Å². The normalized spacial score (nSPS) is 20.9. The number of carbonyl (C=O) groups is 1. The van der Waals surface area contributed by atoms with E-state index in [4.69, 9.17) is 4.74 Å². The quantitative estimate of drug-likeness (QED) is 0.794. The minimum Gasteiger partial charge on any atom is -0.444 e. The highest BCUT2D eigenvalue weighted by molar-refractivity contribution is 5.85. The summed E-state index contributed by atoms with van der Waals surface area (Å²) in [5, 5.41) is 3.28. The van der Waals surface area contributed by atoms with Crippen LogP contribution < -0.4 is 5.32 Å². The molecular weight excluding hydrogens is 289 g/mol. The molecule has 1 N–H and O–H groups in total. The van der Waals surface area contributed by atoms with E-state index in [9.17, 15) is 4.79 Å². The maximum atomic E-state index is 11.8. The van der Waals surface area contributed by atoms with Crippen molar-refractivity contribution in [1.29, 1.82) is 0 Å². The Morgan fingerprint density at radius 2 is 1.63 bits per heavy atom. The van der Waals surface area contributed by atoms with Gasteiger partial charge in [-0.15, -0.1) is 24.8 Å². The summed E-state index contributed by atoms with van der Waals surface area (Å²) in [5.74, 6) is 0. The summed E-state index contributed by atoms with van der Waals surface area (Å²) in [5.41, 5.74) is -0.397. The lowest BCUT2D eigenvalue weighted by Gasteiger charge is -2.43. The van der Waals surface area contributed by atoms with Crippen LogP contribution in [-0.2, 0) is 4.74 Å². The summed E-state index contributed by atoms with van der Waals surface area (Å²) < 4.78 is 5.37. The van der Waals surface area contributed by atoms with Crippen LogP contribution in [0.4, 0.5) is 4.79 Å². The number of nitrogens with one attached hydrogen (secondary N) is 1. The van der Waals surface area contributed by atoms with Gasteiger partial charge in [0, 0.05) is 45.3 Å². The third-order valence-corrected chi connectivity index (χ3v) is 3.24. The highest BCUT2D eigenvalue weighted by Crippen LogP contribution is 2.13. The van der Waals surface area contributed by atoms with Crippen molar-refractivity contribution in [1.82, 2.24) is 15.1 Å². The SMILES string of the molecule is CC(C)(C)OC(=O)N1CCN(C2CNC2)CC1.Cl.Cl. The fourth-order valence-electron chi connectivity index (χ4n) is 2.13. The van der Waals surface area contributed by atoms with Crippen molar-refractivity contribution in [3.8, 4) is 0 Å². The van der Waals surface area contributed by atoms with Crippen molar-refractivity contribution in [2.75, 3.05) is 39.3 Å². The number of rotatable bonds is 1. The largest absolute Gasteiger partial charge is 0.444 e. The molecule has 2 aliphatic rings. The van der Waals surface area contributed by atoms with E-state index >= 15 is 0 Å². The van der Waals surface area contributed by atoms with Crippen LogP contribution in [0.1, 0.15) is 20.8 Å². The molecule has 2 aliphatic heterocycles. The van der Waals surface area contributed by atoms with Gasteiger partial charge in [0.1, 0.15) is 5.60 Å². The van der Waals surface area contributed by atoms with Crippen LogP contribution in [0, 0.1) is 0 Å². The van der Waals surface area contributed by atoms with Crippen molar-refractivity contribution in [3.63, 3.8) is 0 Å². The first-order valence-corrected chi connectivity index (χ1v) is 6.38. The van der Waals surface area contributed by atoms with Crippen LogP contribution >= 0.6 is 24.8 Å². The standard InChI is InChI=1S/C12H23N3O2.2ClH/c1-12(2,3)17-11(16)15-6-4-14(5-7-15)10-8-13-9-10;;/h10,13H,4-9H2,1-3H3;2*1H. The van der Waals surface area contributed by atoms with Gasteiger partial charge in [0.25, 0.3) is 0 Å². The third kappa shape index (κ3) is 5.34.